The Morgan fingerprint density at radius 1 is 1.56 bits per heavy atom. The zero-order chi connectivity index (χ0) is 11.7. The lowest BCUT2D eigenvalue weighted by Crippen LogP contribution is -2.21. The Balaban J connectivity index is 2.50. The molecule has 0 aromatic heterocycles. The third-order valence-corrected chi connectivity index (χ3v) is 2.85. The fraction of sp³-hybridized carbons (Fsp3) is 0.417. The largest absolute Gasteiger partial charge is 0.493 e. The predicted octanol–water partition coefficient (Wildman–Crippen LogP) is 1.56. The molecular weight excluding hydrogens is 206 g/mol. The van der Waals surface area contributed by atoms with Gasteiger partial charge < -0.3 is 15.2 Å². The second kappa shape index (κ2) is 4.14. The number of carbonyl (C=O) groups excluding carboxylic acids is 1. The SMILES string of the molecule is COC(=O)c1cc2c(cc1C)OCC[C@@H]2N. The maximum absolute atomic E-state index is 11.5. The van der Waals surface area contributed by atoms with Crippen LogP contribution in [-0.2, 0) is 4.74 Å². The topological polar surface area (TPSA) is 61.5 Å². The van der Waals surface area contributed by atoms with E-state index in [1.165, 1.54) is 7.11 Å². The summed E-state index contributed by atoms with van der Waals surface area (Å²) in [5.74, 6) is 0.446. The molecule has 0 aliphatic carbocycles. The van der Waals surface area contributed by atoms with Crippen molar-refractivity contribution in [1.29, 1.82) is 0 Å². The van der Waals surface area contributed by atoms with Gasteiger partial charge in [0.25, 0.3) is 0 Å². The van der Waals surface area contributed by atoms with Crippen molar-refractivity contribution in [3.63, 3.8) is 0 Å². The molecule has 4 heteroatoms. The Bertz CT molecular complexity index is 429. The maximum atomic E-state index is 11.5. The van der Waals surface area contributed by atoms with Crippen LogP contribution in [0.15, 0.2) is 12.1 Å². The molecule has 16 heavy (non-hydrogen) atoms. The quantitative estimate of drug-likeness (QED) is 0.731. The van der Waals surface area contributed by atoms with Crippen LogP contribution in [0.1, 0.15) is 33.9 Å². The van der Waals surface area contributed by atoms with Crippen LogP contribution >= 0.6 is 0 Å². The van der Waals surface area contributed by atoms with E-state index in [0.29, 0.717) is 12.2 Å². The summed E-state index contributed by atoms with van der Waals surface area (Å²) in [5, 5.41) is 0. The summed E-state index contributed by atoms with van der Waals surface area (Å²) in [4.78, 5) is 11.5. The smallest absolute Gasteiger partial charge is 0.338 e. The third-order valence-electron chi connectivity index (χ3n) is 2.85. The molecule has 1 aliphatic rings. The molecule has 1 heterocycles. The number of hydrogen-bond donors (Lipinski definition) is 1. The van der Waals surface area contributed by atoms with Gasteiger partial charge in [0.1, 0.15) is 5.75 Å². The first-order valence-corrected chi connectivity index (χ1v) is 5.24. The molecule has 0 amide bonds. The molecule has 0 radical (unpaired) electrons. The number of rotatable bonds is 1. The summed E-state index contributed by atoms with van der Waals surface area (Å²) in [5.41, 5.74) is 8.27. The Kier molecular flexibility index (Phi) is 2.83. The van der Waals surface area contributed by atoms with Crippen LogP contribution in [0.4, 0.5) is 0 Å². The van der Waals surface area contributed by atoms with Gasteiger partial charge in [-0.25, -0.2) is 4.79 Å². The summed E-state index contributed by atoms with van der Waals surface area (Å²) in [7, 11) is 1.37. The summed E-state index contributed by atoms with van der Waals surface area (Å²) in [6, 6.07) is 3.56. The highest BCUT2D eigenvalue weighted by atomic mass is 16.5. The summed E-state index contributed by atoms with van der Waals surface area (Å²) in [6.45, 7) is 2.49. The monoisotopic (exact) mass is 221 g/mol. The van der Waals surface area contributed by atoms with E-state index in [9.17, 15) is 4.79 Å². The van der Waals surface area contributed by atoms with Gasteiger partial charge in [-0.15, -0.1) is 0 Å². The molecule has 0 unspecified atom stereocenters. The molecule has 86 valence electrons. The maximum Gasteiger partial charge on any atom is 0.338 e. The minimum Gasteiger partial charge on any atom is -0.493 e. The summed E-state index contributed by atoms with van der Waals surface area (Å²) in [6.07, 6.45) is 0.774. The van der Waals surface area contributed by atoms with Crippen LogP contribution in [0.5, 0.6) is 5.75 Å². The van der Waals surface area contributed by atoms with Gasteiger partial charge in [0, 0.05) is 18.0 Å². The number of methoxy groups -OCH3 is 1. The van der Waals surface area contributed by atoms with E-state index in [-0.39, 0.29) is 12.0 Å². The first kappa shape index (κ1) is 11.0. The minimum atomic E-state index is -0.335. The molecule has 4 nitrogen and oxygen atoms in total. The van der Waals surface area contributed by atoms with Crippen molar-refractivity contribution in [3.8, 4) is 5.75 Å². The number of esters is 1. The van der Waals surface area contributed by atoms with Crippen molar-refractivity contribution < 1.29 is 14.3 Å². The molecule has 0 saturated carbocycles. The van der Waals surface area contributed by atoms with Crippen LogP contribution in [0.2, 0.25) is 0 Å². The number of aryl methyl sites for hydroxylation is 1. The van der Waals surface area contributed by atoms with Crippen LogP contribution in [-0.4, -0.2) is 19.7 Å². The lowest BCUT2D eigenvalue weighted by molar-refractivity contribution is 0.0599. The van der Waals surface area contributed by atoms with Crippen molar-refractivity contribution in [1.82, 2.24) is 0 Å². The molecule has 2 N–H and O–H groups in total. The van der Waals surface area contributed by atoms with Gasteiger partial charge in [-0.3, -0.25) is 0 Å². The molecular formula is C12H15NO3. The number of ether oxygens (including phenoxy) is 2. The Morgan fingerprint density at radius 2 is 2.31 bits per heavy atom. The van der Waals surface area contributed by atoms with Gasteiger partial charge in [-0.2, -0.15) is 0 Å². The normalized spacial score (nSPS) is 18.6. The highest BCUT2D eigenvalue weighted by molar-refractivity contribution is 5.91. The molecule has 1 aromatic rings. The Hall–Kier alpha value is -1.55. The standard InChI is InChI=1S/C12H15NO3/c1-7-5-11-9(10(13)3-4-16-11)6-8(7)12(14)15-2/h5-6,10H,3-4,13H2,1-2H3/t10-/m0/s1. The van der Waals surface area contributed by atoms with E-state index in [0.717, 1.165) is 23.3 Å². The molecule has 0 spiro atoms. The fourth-order valence-corrected chi connectivity index (χ4v) is 1.89. The number of carbonyl (C=O) groups is 1. The number of benzene rings is 1. The highest BCUT2D eigenvalue weighted by Crippen LogP contribution is 2.33. The predicted molar refractivity (Wildman–Crippen MR) is 59.6 cm³/mol. The fourth-order valence-electron chi connectivity index (χ4n) is 1.89. The van der Waals surface area contributed by atoms with Crippen LogP contribution in [0.3, 0.4) is 0 Å². The molecule has 2 rings (SSSR count). The average molecular weight is 221 g/mol. The van der Waals surface area contributed by atoms with Crippen molar-refractivity contribution in [2.45, 2.75) is 19.4 Å². The number of nitrogens with two attached hydrogens (primary N) is 1. The second-order valence-corrected chi connectivity index (χ2v) is 3.94. The molecule has 1 aliphatic heterocycles. The van der Waals surface area contributed by atoms with Crippen molar-refractivity contribution >= 4 is 5.97 Å². The zero-order valence-corrected chi connectivity index (χ0v) is 9.45. The first-order chi connectivity index (χ1) is 7.63. The number of hydrogen-bond acceptors (Lipinski definition) is 4. The third kappa shape index (κ3) is 1.76. The van der Waals surface area contributed by atoms with E-state index in [1.54, 1.807) is 6.07 Å². The Labute approximate surface area is 94.3 Å². The van der Waals surface area contributed by atoms with Gasteiger partial charge in [0.2, 0.25) is 0 Å². The van der Waals surface area contributed by atoms with Crippen molar-refractivity contribution in [3.05, 3.63) is 28.8 Å². The van der Waals surface area contributed by atoms with Crippen molar-refractivity contribution in [2.75, 3.05) is 13.7 Å². The van der Waals surface area contributed by atoms with Gasteiger partial charge in [-0.1, -0.05) is 0 Å². The van der Waals surface area contributed by atoms with Gasteiger partial charge in [-0.05, 0) is 24.6 Å². The van der Waals surface area contributed by atoms with E-state index >= 15 is 0 Å². The lowest BCUT2D eigenvalue weighted by Gasteiger charge is -2.24. The average Bonchev–Trinajstić information content (AvgIpc) is 2.28. The second-order valence-electron chi connectivity index (χ2n) is 3.94. The number of fused-ring (bicyclic) bond motifs is 1. The molecule has 0 bridgehead atoms. The zero-order valence-electron chi connectivity index (χ0n) is 9.45. The summed E-state index contributed by atoms with van der Waals surface area (Å²) < 4.78 is 10.2. The van der Waals surface area contributed by atoms with E-state index in [2.05, 4.69) is 0 Å². The molecule has 1 aromatic carbocycles. The summed E-state index contributed by atoms with van der Waals surface area (Å²) >= 11 is 0. The first-order valence-electron chi connectivity index (χ1n) is 5.24. The van der Waals surface area contributed by atoms with Gasteiger partial charge in [0.05, 0.1) is 19.3 Å². The van der Waals surface area contributed by atoms with E-state index in [1.807, 2.05) is 13.0 Å². The lowest BCUT2D eigenvalue weighted by atomic mass is 9.96. The highest BCUT2D eigenvalue weighted by Gasteiger charge is 2.21. The molecule has 0 fully saturated rings. The van der Waals surface area contributed by atoms with E-state index in [4.69, 9.17) is 15.2 Å². The van der Waals surface area contributed by atoms with Gasteiger partial charge in [0.15, 0.2) is 0 Å². The van der Waals surface area contributed by atoms with E-state index < -0.39 is 0 Å². The molecule has 1 atom stereocenters. The Morgan fingerprint density at radius 3 is 3.00 bits per heavy atom. The minimum absolute atomic E-state index is 0.0623. The van der Waals surface area contributed by atoms with Crippen LogP contribution in [0.25, 0.3) is 0 Å². The van der Waals surface area contributed by atoms with Crippen LogP contribution in [0, 0.1) is 6.92 Å². The van der Waals surface area contributed by atoms with Gasteiger partial charge >= 0.3 is 5.97 Å². The van der Waals surface area contributed by atoms with Crippen molar-refractivity contribution in [2.24, 2.45) is 5.73 Å². The molecule has 0 saturated heterocycles. The van der Waals surface area contributed by atoms with Crippen LogP contribution < -0.4 is 10.5 Å².